The highest BCUT2D eigenvalue weighted by molar-refractivity contribution is 9.11. The first-order chi connectivity index (χ1) is 8.97. The summed E-state index contributed by atoms with van der Waals surface area (Å²) < 4.78 is 8.50. The molecule has 0 aliphatic rings. The Morgan fingerprint density at radius 1 is 1.05 bits per heavy atom. The average Bonchev–Trinajstić information content (AvgIpc) is 2.32. The zero-order chi connectivity index (χ0) is 14.0. The number of nitrogens with two attached hydrogens (primary N) is 1. The lowest BCUT2D eigenvalue weighted by molar-refractivity contribution is 0.302. The number of benzene rings is 2. The van der Waals surface area contributed by atoms with Crippen molar-refractivity contribution < 1.29 is 4.74 Å². The highest BCUT2D eigenvalue weighted by Crippen LogP contribution is 2.37. The maximum absolute atomic E-state index is 5.88. The smallest absolute Gasteiger partial charge is 0.148 e. The summed E-state index contributed by atoms with van der Waals surface area (Å²) in [6, 6.07) is 9.32. The van der Waals surface area contributed by atoms with E-state index in [1.54, 1.807) is 6.07 Å². The molecule has 0 unspecified atom stereocenters. The summed E-state index contributed by atoms with van der Waals surface area (Å²) in [7, 11) is 0. The second-order valence-electron chi connectivity index (χ2n) is 3.84. The summed E-state index contributed by atoms with van der Waals surface area (Å²) in [5.74, 6) is 0.747. The second kappa shape index (κ2) is 6.48. The molecule has 0 heterocycles. The third kappa shape index (κ3) is 3.88. The molecule has 100 valence electrons. The molecule has 0 amide bonds. The van der Waals surface area contributed by atoms with Gasteiger partial charge in [0.05, 0.1) is 19.7 Å². The zero-order valence-electron chi connectivity index (χ0n) is 9.59. The minimum absolute atomic E-state index is 0.417. The standard InChI is InChI=1S/C13H9Br3ClNO/c14-8-4-9(15)13(10(16)5-8)19-6-7-1-2-11(17)12(18)3-7/h1-5H,6,18H2. The van der Waals surface area contributed by atoms with E-state index in [2.05, 4.69) is 47.8 Å². The Balaban J connectivity index is 2.16. The average molecular weight is 470 g/mol. The molecular weight excluding hydrogens is 461 g/mol. The lowest BCUT2D eigenvalue weighted by Crippen LogP contribution is -1.98. The molecule has 0 spiro atoms. The first-order valence-electron chi connectivity index (χ1n) is 5.28. The maximum atomic E-state index is 5.88. The molecular formula is C13H9Br3ClNO. The van der Waals surface area contributed by atoms with Crippen LogP contribution in [0.2, 0.25) is 5.02 Å². The summed E-state index contributed by atoms with van der Waals surface area (Å²) >= 11 is 16.2. The van der Waals surface area contributed by atoms with E-state index >= 15 is 0 Å². The van der Waals surface area contributed by atoms with Gasteiger partial charge in [0.2, 0.25) is 0 Å². The molecule has 2 nitrogen and oxygen atoms in total. The van der Waals surface area contributed by atoms with Crippen molar-refractivity contribution in [3.05, 3.63) is 54.3 Å². The Bertz CT molecular complexity index is 596. The van der Waals surface area contributed by atoms with Gasteiger partial charge in [-0.3, -0.25) is 0 Å². The Kier molecular flexibility index (Phi) is 5.17. The second-order valence-corrected chi connectivity index (χ2v) is 6.87. The molecule has 0 aliphatic heterocycles. The minimum atomic E-state index is 0.417. The van der Waals surface area contributed by atoms with Gasteiger partial charge < -0.3 is 10.5 Å². The molecule has 0 saturated heterocycles. The highest BCUT2D eigenvalue weighted by atomic mass is 79.9. The van der Waals surface area contributed by atoms with Crippen molar-refractivity contribution in [1.82, 2.24) is 0 Å². The van der Waals surface area contributed by atoms with Crippen LogP contribution in [-0.4, -0.2) is 0 Å². The molecule has 0 aliphatic carbocycles. The van der Waals surface area contributed by atoms with Gasteiger partial charge in [0.15, 0.2) is 0 Å². The first kappa shape index (κ1) is 15.2. The van der Waals surface area contributed by atoms with Crippen LogP contribution < -0.4 is 10.5 Å². The van der Waals surface area contributed by atoms with Crippen molar-refractivity contribution in [1.29, 1.82) is 0 Å². The number of anilines is 1. The predicted molar refractivity (Wildman–Crippen MR) is 89.7 cm³/mol. The van der Waals surface area contributed by atoms with Gasteiger partial charge in [0.1, 0.15) is 12.4 Å². The van der Waals surface area contributed by atoms with E-state index in [9.17, 15) is 0 Å². The Morgan fingerprint density at radius 3 is 2.26 bits per heavy atom. The molecule has 2 aromatic carbocycles. The number of hydrogen-bond acceptors (Lipinski definition) is 2. The molecule has 0 bridgehead atoms. The quantitative estimate of drug-likeness (QED) is 0.577. The van der Waals surface area contributed by atoms with E-state index in [0.29, 0.717) is 17.3 Å². The number of hydrogen-bond donors (Lipinski definition) is 1. The number of ether oxygens (including phenoxy) is 1. The van der Waals surface area contributed by atoms with E-state index in [1.807, 2.05) is 24.3 Å². The monoisotopic (exact) mass is 467 g/mol. The van der Waals surface area contributed by atoms with Crippen LogP contribution in [0.15, 0.2) is 43.7 Å². The molecule has 19 heavy (non-hydrogen) atoms. The van der Waals surface area contributed by atoms with Crippen molar-refractivity contribution in [2.24, 2.45) is 0 Å². The highest BCUT2D eigenvalue weighted by Gasteiger charge is 2.09. The van der Waals surface area contributed by atoms with Crippen LogP contribution in [0.4, 0.5) is 5.69 Å². The molecule has 0 aromatic heterocycles. The van der Waals surface area contributed by atoms with Crippen molar-refractivity contribution in [2.75, 3.05) is 5.73 Å². The maximum Gasteiger partial charge on any atom is 0.148 e. The topological polar surface area (TPSA) is 35.2 Å². The molecule has 6 heteroatoms. The van der Waals surface area contributed by atoms with Crippen molar-refractivity contribution in [2.45, 2.75) is 6.61 Å². The lowest BCUT2D eigenvalue weighted by Gasteiger charge is -2.11. The minimum Gasteiger partial charge on any atom is -0.487 e. The van der Waals surface area contributed by atoms with E-state index in [0.717, 1.165) is 24.7 Å². The molecule has 2 N–H and O–H groups in total. The van der Waals surface area contributed by atoms with Crippen molar-refractivity contribution in [3.8, 4) is 5.75 Å². The fourth-order valence-electron chi connectivity index (χ4n) is 1.51. The van der Waals surface area contributed by atoms with Gasteiger partial charge >= 0.3 is 0 Å². The summed E-state index contributed by atoms with van der Waals surface area (Å²) in [5.41, 5.74) is 7.27. The summed E-state index contributed by atoms with van der Waals surface area (Å²) in [6.07, 6.45) is 0. The van der Waals surface area contributed by atoms with Crippen LogP contribution >= 0.6 is 59.4 Å². The van der Waals surface area contributed by atoms with Crippen LogP contribution in [0.1, 0.15) is 5.56 Å². The largest absolute Gasteiger partial charge is 0.487 e. The van der Waals surface area contributed by atoms with Crippen molar-refractivity contribution in [3.63, 3.8) is 0 Å². The first-order valence-corrected chi connectivity index (χ1v) is 8.04. The van der Waals surface area contributed by atoms with E-state index in [-0.39, 0.29) is 0 Å². The number of halogens is 4. The van der Waals surface area contributed by atoms with E-state index in [1.165, 1.54) is 0 Å². The third-order valence-electron chi connectivity index (χ3n) is 2.41. The zero-order valence-corrected chi connectivity index (χ0v) is 15.1. The van der Waals surface area contributed by atoms with Gasteiger partial charge in [-0.1, -0.05) is 33.6 Å². The molecule has 2 aromatic rings. The van der Waals surface area contributed by atoms with Crippen LogP contribution in [0.5, 0.6) is 5.75 Å². The lowest BCUT2D eigenvalue weighted by atomic mass is 10.2. The Labute approximate surface area is 141 Å². The van der Waals surface area contributed by atoms with Crippen LogP contribution in [-0.2, 0) is 6.61 Å². The molecule has 0 fully saturated rings. The van der Waals surface area contributed by atoms with E-state index < -0.39 is 0 Å². The summed E-state index contributed by atoms with van der Waals surface area (Å²) in [6.45, 7) is 0.417. The van der Waals surface area contributed by atoms with Crippen molar-refractivity contribution >= 4 is 65.1 Å². The summed E-state index contributed by atoms with van der Waals surface area (Å²) in [5, 5.41) is 0.551. The Hall–Kier alpha value is -0.230. The molecule has 0 atom stereocenters. The van der Waals surface area contributed by atoms with Gasteiger partial charge in [0, 0.05) is 4.47 Å². The predicted octanol–water partition coefficient (Wildman–Crippen LogP) is 5.79. The number of nitrogen functional groups attached to an aromatic ring is 1. The van der Waals surface area contributed by atoms with Gasteiger partial charge in [0.25, 0.3) is 0 Å². The van der Waals surface area contributed by atoms with Gasteiger partial charge in [-0.05, 0) is 61.7 Å². The Morgan fingerprint density at radius 2 is 1.68 bits per heavy atom. The van der Waals surface area contributed by atoms with Gasteiger partial charge in [-0.15, -0.1) is 0 Å². The van der Waals surface area contributed by atoms with Crippen LogP contribution in [0.25, 0.3) is 0 Å². The third-order valence-corrected chi connectivity index (χ3v) is 4.39. The SMILES string of the molecule is Nc1cc(COc2c(Br)cc(Br)cc2Br)ccc1Cl. The fourth-order valence-corrected chi connectivity index (χ4v) is 4.11. The summed E-state index contributed by atoms with van der Waals surface area (Å²) in [4.78, 5) is 0. The molecule has 2 rings (SSSR count). The van der Waals surface area contributed by atoms with Gasteiger partial charge in [-0.25, -0.2) is 0 Å². The van der Waals surface area contributed by atoms with Gasteiger partial charge in [-0.2, -0.15) is 0 Å². The van der Waals surface area contributed by atoms with Crippen LogP contribution in [0.3, 0.4) is 0 Å². The number of rotatable bonds is 3. The molecule has 0 radical (unpaired) electrons. The van der Waals surface area contributed by atoms with E-state index in [4.69, 9.17) is 22.1 Å². The fraction of sp³-hybridized carbons (Fsp3) is 0.0769. The molecule has 0 saturated carbocycles. The normalized spacial score (nSPS) is 10.5. The van der Waals surface area contributed by atoms with Crippen LogP contribution in [0, 0.1) is 0 Å².